The molecule has 0 amide bonds. The van der Waals surface area contributed by atoms with E-state index in [1.165, 1.54) is 0 Å². The summed E-state index contributed by atoms with van der Waals surface area (Å²) in [5.74, 6) is -1.62. The van der Waals surface area contributed by atoms with E-state index in [1.807, 2.05) is 0 Å². The van der Waals surface area contributed by atoms with Gasteiger partial charge in [-0.05, 0) is 41.8 Å². The Kier molecular flexibility index (Phi) is 7.32. The number of phenolic OH excluding ortho intramolecular Hbond substituents is 2. The van der Waals surface area contributed by atoms with Crippen molar-refractivity contribution < 1.29 is 66.2 Å². The molecule has 14 nitrogen and oxygen atoms in total. The van der Waals surface area contributed by atoms with Crippen LogP contribution in [0.15, 0.2) is 61.3 Å². The predicted molar refractivity (Wildman–Crippen MR) is 112 cm³/mol. The maximum atomic E-state index is 11.9. The van der Waals surface area contributed by atoms with Crippen LogP contribution in [0.5, 0.6) is 11.5 Å². The molecular weight excluding hydrogens is 570 g/mol. The number of nitrogens with zero attached hydrogens (tertiary/aromatic N) is 2. The van der Waals surface area contributed by atoms with E-state index in [0.29, 0.717) is 12.1 Å². The Morgan fingerprint density at radius 3 is 1.85 bits per heavy atom. The van der Waals surface area contributed by atoms with Crippen molar-refractivity contribution in [3.63, 3.8) is 0 Å². The minimum absolute atomic E-state index is 0. The van der Waals surface area contributed by atoms with E-state index in [0.717, 1.165) is 24.3 Å². The van der Waals surface area contributed by atoms with Crippen molar-refractivity contribution in [1.82, 2.24) is 0 Å². The topological polar surface area (TPSA) is 254 Å². The Balaban J connectivity index is 0.00000408. The first kappa shape index (κ1) is 27.4. The standard InChI is InChI=1S/C16H13N3O11S3.Cu/c17-10-5-9(32(25,26)27)3-7-4-13(33(28,29)30)15(16(21)14(7)10)19-18-11-6-8(31(22,23)24)1-2-12(11)20;/h1-6,20-21H,17H2,(H,22,23,24)(H,25,26,27)(H,28,29,30);. The van der Waals surface area contributed by atoms with Crippen molar-refractivity contribution in [3.8, 4) is 11.5 Å². The van der Waals surface area contributed by atoms with Gasteiger partial charge in [-0.3, -0.25) is 13.7 Å². The van der Waals surface area contributed by atoms with Crippen LogP contribution < -0.4 is 5.73 Å². The molecule has 7 N–H and O–H groups in total. The molecule has 0 atom stereocenters. The van der Waals surface area contributed by atoms with Crippen LogP contribution in [0.2, 0.25) is 0 Å². The van der Waals surface area contributed by atoms with Crippen LogP contribution in [0.1, 0.15) is 0 Å². The summed E-state index contributed by atoms with van der Waals surface area (Å²) in [5, 5.41) is 26.7. The Morgan fingerprint density at radius 1 is 0.735 bits per heavy atom. The number of anilines is 1. The van der Waals surface area contributed by atoms with Crippen LogP contribution in [0.25, 0.3) is 10.8 Å². The molecule has 0 fully saturated rings. The van der Waals surface area contributed by atoms with Crippen molar-refractivity contribution >= 4 is 58.2 Å². The van der Waals surface area contributed by atoms with Gasteiger partial charge in [0.1, 0.15) is 22.0 Å². The molecule has 0 bridgehead atoms. The largest absolute Gasteiger partial charge is 0.506 e. The van der Waals surface area contributed by atoms with Gasteiger partial charge in [0, 0.05) is 28.1 Å². The molecule has 3 rings (SSSR count). The predicted octanol–water partition coefficient (Wildman–Crippen LogP) is 1.99. The Labute approximate surface area is 202 Å². The van der Waals surface area contributed by atoms with Crippen LogP contribution >= 0.6 is 0 Å². The number of hydrogen-bond acceptors (Lipinski definition) is 11. The Hall–Kier alpha value is -2.83. The minimum atomic E-state index is -5.12. The second-order valence-corrected chi connectivity index (χ2v) is 10.7. The summed E-state index contributed by atoms with van der Waals surface area (Å²) in [6, 6.07) is 4.61. The number of nitrogen functional groups attached to an aromatic ring is 1. The number of nitrogens with two attached hydrogens (primary N) is 1. The molecule has 34 heavy (non-hydrogen) atoms. The smallest absolute Gasteiger partial charge is 0.296 e. The number of rotatable bonds is 5. The van der Waals surface area contributed by atoms with Crippen LogP contribution in [0.3, 0.4) is 0 Å². The van der Waals surface area contributed by atoms with E-state index in [9.17, 15) is 44.6 Å². The zero-order chi connectivity index (χ0) is 24.9. The van der Waals surface area contributed by atoms with Crippen LogP contribution in [0, 0.1) is 0 Å². The Bertz CT molecular complexity index is 1670. The number of azo groups is 1. The average molecular weight is 583 g/mol. The van der Waals surface area contributed by atoms with E-state index in [1.54, 1.807) is 0 Å². The summed E-state index contributed by atoms with van der Waals surface area (Å²) in [6.45, 7) is 0. The van der Waals surface area contributed by atoms with Crippen LogP contribution in [0.4, 0.5) is 17.1 Å². The molecule has 0 aliphatic heterocycles. The quantitative estimate of drug-likeness (QED) is 0.109. The number of fused-ring (bicyclic) bond motifs is 1. The molecule has 3 aromatic rings. The summed E-state index contributed by atoms with van der Waals surface area (Å²) >= 11 is 0. The van der Waals surface area contributed by atoms with Crippen molar-refractivity contribution in [1.29, 1.82) is 0 Å². The van der Waals surface area contributed by atoms with Crippen molar-refractivity contribution in [2.75, 3.05) is 5.73 Å². The van der Waals surface area contributed by atoms with E-state index in [2.05, 4.69) is 10.2 Å². The molecule has 0 aromatic heterocycles. The van der Waals surface area contributed by atoms with Gasteiger partial charge in [0.05, 0.1) is 9.79 Å². The van der Waals surface area contributed by atoms with Gasteiger partial charge >= 0.3 is 0 Å². The first-order valence-corrected chi connectivity index (χ1v) is 12.6. The monoisotopic (exact) mass is 582 g/mol. The summed E-state index contributed by atoms with van der Waals surface area (Å²) in [7, 11) is -14.6. The summed E-state index contributed by atoms with van der Waals surface area (Å²) in [6.07, 6.45) is 0. The van der Waals surface area contributed by atoms with Crippen molar-refractivity contribution in [2.45, 2.75) is 14.7 Å². The molecule has 3 aromatic carbocycles. The molecular formula is C16H13CuN3O11S3. The molecule has 0 heterocycles. The zero-order valence-electron chi connectivity index (χ0n) is 16.1. The molecule has 0 aliphatic carbocycles. The van der Waals surface area contributed by atoms with Crippen molar-refractivity contribution in [3.05, 3.63) is 36.4 Å². The molecule has 0 spiro atoms. The third-order valence-electron chi connectivity index (χ3n) is 4.23. The van der Waals surface area contributed by atoms with E-state index < -0.39 is 73.6 Å². The molecule has 0 aliphatic rings. The van der Waals surface area contributed by atoms with E-state index >= 15 is 0 Å². The number of benzene rings is 3. The minimum Gasteiger partial charge on any atom is -0.506 e. The average Bonchev–Trinajstić information content (AvgIpc) is 2.65. The van der Waals surface area contributed by atoms with E-state index in [-0.39, 0.29) is 27.8 Å². The second-order valence-electron chi connectivity index (χ2n) is 6.46. The summed E-state index contributed by atoms with van der Waals surface area (Å²) < 4.78 is 96.9. The van der Waals surface area contributed by atoms with Gasteiger partial charge in [-0.1, -0.05) is 0 Å². The van der Waals surface area contributed by atoms with Gasteiger partial charge in [-0.25, -0.2) is 0 Å². The fourth-order valence-electron chi connectivity index (χ4n) is 2.78. The Morgan fingerprint density at radius 2 is 1.32 bits per heavy atom. The molecule has 18 heteroatoms. The van der Waals surface area contributed by atoms with Gasteiger partial charge < -0.3 is 15.9 Å². The van der Waals surface area contributed by atoms with Crippen molar-refractivity contribution in [2.24, 2.45) is 10.2 Å². The molecule has 187 valence electrons. The fraction of sp³-hybridized carbons (Fsp3) is 0. The first-order chi connectivity index (χ1) is 15.0. The van der Waals surface area contributed by atoms with Gasteiger partial charge in [0.25, 0.3) is 30.4 Å². The number of phenols is 2. The van der Waals surface area contributed by atoms with Gasteiger partial charge in [0.2, 0.25) is 0 Å². The van der Waals surface area contributed by atoms with Crippen LogP contribution in [-0.2, 0) is 47.4 Å². The maximum Gasteiger partial charge on any atom is 0.296 e. The third kappa shape index (κ3) is 5.45. The zero-order valence-corrected chi connectivity index (χ0v) is 19.5. The molecule has 0 saturated heterocycles. The van der Waals surface area contributed by atoms with Gasteiger partial charge in [-0.15, -0.1) is 10.2 Å². The SMILES string of the molecule is Nc1cc(S(=O)(=O)O)cc2cc(S(=O)(=O)O)c(N=Nc3cc(S(=O)(=O)O)ccc3O)c(O)c12.[Cu]. The molecule has 0 saturated carbocycles. The normalized spacial score (nSPS) is 12.7. The summed E-state index contributed by atoms with van der Waals surface area (Å²) in [4.78, 5) is -2.47. The third-order valence-corrected chi connectivity index (χ3v) is 6.78. The van der Waals surface area contributed by atoms with Gasteiger partial charge in [0.15, 0.2) is 5.75 Å². The first-order valence-electron chi connectivity index (χ1n) is 8.26. The number of hydrogen-bond donors (Lipinski definition) is 6. The second kappa shape index (κ2) is 9.08. The fourth-order valence-corrected chi connectivity index (χ4v) is 4.49. The summed E-state index contributed by atoms with van der Waals surface area (Å²) in [5.41, 5.74) is 3.84. The molecule has 0 unspecified atom stereocenters. The molecule has 1 radical (unpaired) electrons. The van der Waals surface area contributed by atoms with Gasteiger partial charge in [-0.2, -0.15) is 25.3 Å². The van der Waals surface area contributed by atoms with E-state index in [4.69, 9.17) is 10.3 Å². The maximum absolute atomic E-state index is 11.9. The number of aromatic hydroxyl groups is 2. The van der Waals surface area contributed by atoms with Crippen LogP contribution in [-0.4, -0.2) is 49.1 Å².